The van der Waals surface area contributed by atoms with Crippen LogP contribution < -0.4 is 5.32 Å². The van der Waals surface area contributed by atoms with Gasteiger partial charge in [0.1, 0.15) is 0 Å². The Morgan fingerprint density at radius 3 is 2.21 bits per heavy atom. The molecule has 76 valence electrons. The van der Waals surface area contributed by atoms with Gasteiger partial charge >= 0.3 is 0 Å². The first-order valence-corrected chi connectivity index (χ1v) is 4.77. The second kappa shape index (κ2) is 4.70. The molecule has 0 heterocycles. The molecule has 1 rings (SSSR count). The molecule has 0 radical (unpaired) electrons. The molecule has 0 aliphatic rings. The molecule has 14 heavy (non-hydrogen) atoms. The molecule has 0 fully saturated rings. The van der Waals surface area contributed by atoms with E-state index < -0.39 is 0 Å². The number of hydrogen-bond acceptors (Lipinski definition) is 2. The van der Waals surface area contributed by atoms with Crippen LogP contribution in [0.5, 0.6) is 0 Å². The van der Waals surface area contributed by atoms with Crippen molar-refractivity contribution in [2.45, 2.75) is 13.8 Å². The minimum absolute atomic E-state index is 1.20. The van der Waals surface area contributed by atoms with Crippen LogP contribution in [0.1, 0.15) is 11.1 Å². The van der Waals surface area contributed by atoms with E-state index in [2.05, 4.69) is 37.4 Å². The van der Waals surface area contributed by atoms with E-state index in [-0.39, 0.29) is 0 Å². The Labute approximate surface area is 86.2 Å². The maximum absolute atomic E-state index is 3.29. The summed E-state index contributed by atoms with van der Waals surface area (Å²) in [4.78, 5) is 2.00. The lowest BCUT2D eigenvalue weighted by molar-refractivity contribution is 0.563. The predicted octanol–water partition coefficient (Wildman–Crippen LogP) is 2.75. The fraction of sp³-hybridized carbons (Fsp3) is 0.333. The smallest absolute Gasteiger partial charge is 0.0439 e. The van der Waals surface area contributed by atoms with Crippen LogP contribution in [0.15, 0.2) is 30.6 Å². The molecular formula is C12H18N2. The van der Waals surface area contributed by atoms with Crippen LogP contribution in [0.2, 0.25) is 0 Å². The molecule has 0 saturated carbocycles. The van der Waals surface area contributed by atoms with E-state index in [1.165, 1.54) is 16.8 Å². The van der Waals surface area contributed by atoms with Crippen molar-refractivity contribution in [3.8, 4) is 0 Å². The van der Waals surface area contributed by atoms with Gasteiger partial charge in [-0.05, 0) is 25.0 Å². The summed E-state index contributed by atoms with van der Waals surface area (Å²) in [5.41, 5.74) is 3.74. The highest BCUT2D eigenvalue weighted by Crippen LogP contribution is 2.18. The Hall–Kier alpha value is -1.44. The van der Waals surface area contributed by atoms with E-state index in [9.17, 15) is 0 Å². The maximum atomic E-state index is 3.29. The fourth-order valence-electron chi connectivity index (χ4n) is 1.31. The van der Waals surface area contributed by atoms with Crippen LogP contribution in [-0.2, 0) is 0 Å². The van der Waals surface area contributed by atoms with Crippen LogP contribution in [0, 0.1) is 13.8 Å². The molecule has 0 saturated heterocycles. The highest BCUT2D eigenvalue weighted by Gasteiger charge is 1.97. The molecule has 1 N–H and O–H groups in total. The first-order valence-electron chi connectivity index (χ1n) is 4.77. The van der Waals surface area contributed by atoms with Gasteiger partial charge in [-0.1, -0.05) is 18.2 Å². The topological polar surface area (TPSA) is 15.3 Å². The highest BCUT2D eigenvalue weighted by molar-refractivity contribution is 5.58. The highest BCUT2D eigenvalue weighted by atomic mass is 15.0. The number of benzene rings is 1. The first-order chi connectivity index (χ1) is 6.61. The third-order valence-corrected chi connectivity index (χ3v) is 2.08. The van der Waals surface area contributed by atoms with Crippen molar-refractivity contribution in [3.05, 3.63) is 41.7 Å². The Kier molecular flexibility index (Phi) is 3.57. The summed E-state index contributed by atoms with van der Waals surface area (Å²) >= 11 is 0. The summed E-state index contributed by atoms with van der Waals surface area (Å²) in [5.74, 6) is 0. The summed E-state index contributed by atoms with van der Waals surface area (Å²) in [6, 6.07) is 6.29. The Morgan fingerprint density at radius 1 is 1.14 bits per heavy atom. The number of rotatable bonds is 3. The normalized spacial score (nSPS) is 10.6. The molecule has 2 heteroatoms. The zero-order chi connectivity index (χ0) is 10.6. The van der Waals surface area contributed by atoms with Gasteiger partial charge in [0.25, 0.3) is 0 Å². The largest absolute Gasteiger partial charge is 0.382 e. The van der Waals surface area contributed by atoms with Crippen LogP contribution >= 0.6 is 0 Å². The lowest BCUT2D eigenvalue weighted by Gasteiger charge is -2.10. The molecule has 0 aliphatic heterocycles. The number of para-hydroxylation sites is 1. The predicted molar refractivity (Wildman–Crippen MR) is 62.4 cm³/mol. The average Bonchev–Trinajstić information content (AvgIpc) is 2.09. The summed E-state index contributed by atoms with van der Waals surface area (Å²) in [6.45, 7) is 4.22. The number of nitrogens with zero attached hydrogens (tertiary/aromatic N) is 1. The van der Waals surface area contributed by atoms with Crippen molar-refractivity contribution in [1.29, 1.82) is 0 Å². The van der Waals surface area contributed by atoms with Gasteiger partial charge in [0, 0.05) is 32.2 Å². The Balaban J connectivity index is 2.76. The van der Waals surface area contributed by atoms with Gasteiger partial charge < -0.3 is 10.2 Å². The van der Waals surface area contributed by atoms with Crippen LogP contribution in [0.3, 0.4) is 0 Å². The molecule has 1 aromatic rings. The average molecular weight is 190 g/mol. The first kappa shape index (κ1) is 10.6. The maximum Gasteiger partial charge on any atom is 0.0439 e. The zero-order valence-corrected chi connectivity index (χ0v) is 9.33. The molecule has 0 bridgehead atoms. The Bertz CT molecular complexity index is 307. The Morgan fingerprint density at radius 2 is 1.71 bits per heavy atom. The van der Waals surface area contributed by atoms with Crippen LogP contribution in [0.4, 0.5) is 5.69 Å². The SMILES string of the molecule is Cc1cccc(C)c1N/C=C\N(C)C. The van der Waals surface area contributed by atoms with E-state index >= 15 is 0 Å². The molecule has 1 aromatic carbocycles. The monoisotopic (exact) mass is 190 g/mol. The van der Waals surface area contributed by atoms with E-state index in [1.54, 1.807) is 0 Å². The van der Waals surface area contributed by atoms with Gasteiger partial charge in [0.05, 0.1) is 0 Å². The summed E-state index contributed by atoms with van der Waals surface area (Å²) in [5, 5.41) is 3.29. The van der Waals surface area contributed by atoms with Crippen molar-refractivity contribution < 1.29 is 0 Å². The van der Waals surface area contributed by atoms with E-state index in [1.807, 2.05) is 31.4 Å². The quantitative estimate of drug-likeness (QED) is 0.788. The van der Waals surface area contributed by atoms with Gasteiger partial charge in [-0.2, -0.15) is 0 Å². The van der Waals surface area contributed by atoms with Gasteiger partial charge in [-0.25, -0.2) is 0 Å². The summed E-state index contributed by atoms with van der Waals surface area (Å²) in [6.07, 6.45) is 3.95. The minimum Gasteiger partial charge on any atom is -0.382 e. The fourth-order valence-corrected chi connectivity index (χ4v) is 1.31. The molecule has 2 nitrogen and oxygen atoms in total. The van der Waals surface area contributed by atoms with Crippen molar-refractivity contribution in [2.24, 2.45) is 0 Å². The van der Waals surface area contributed by atoms with E-state index in [4.69, 9.17) is 0 Å². The van der Waals surface area contributed by atoms with Crippen molar-refractivity contribution in [3.63, 3.8) is 0 Å². The van der Waals surface area contributed by atoms with Crippen LogP contribution in [0.25, 0.3) is 0 Å². The molecule has 0 spiro atoms. The van der Waals surface area contributed by atoms with Gasteiger partial charge in [-0.15, -0.1) is 0 Å². The second-order valence-electron chi connectivity index (χ2n) is 3.69. The molecular weight excluding hydrogens is 172 g/mol. The number of aryl methyl sites for hydroxylation is 2. The molecule has 0 aromatic heterocycles. The van der Waals surface area contributed by atoms with E-state index in [0.717, 1.165) is 0 Å². The number of hydrogen-bond donors (Lipinski definition) is 1. The second-order valence-corrected chi connectivity index (χ2v) is 3.69. The number of nitrogens with one attached hydrogen (secondary N) is 1. The lowest BCUT2D eigenvalue weighted by Crippen LogP contribution is -2.02. The molecule has 0 atom stereocenters. The lowest BCUT2D eigenvalue weighted by atomic mass is 10.1. The van der Waals surface area contributed by atoms with Crippen molar-refractivity contribution in [1.82, 2.24) is 4.90 Å². The third kappa shape index (κ3) is 2.80. The van der Waals surface area contributed by atoms with Gasteiger partial charge in [0.2, 0.25) is 0 Å². The minimum atomic E-state index is 1.20. The standard InChI is InChI=1S/C12H18N2/c1-10-6-5-7-11(2)12(10)13-8-9-14(3)4/h5-9,13H,1-4H3/b9-8-. The van der Waals surface area contributed by atoms with Crippen molar-refractivity contribution in [2.75, 3.05) is 19.4 Å². The summed E-state index contributed by atoms with van der Waals surface area (Å²) in [7, 11) is 4.01. The van der Waals surface area contributed by atoms with E-state index in [0.29, 0.717) is 0 Å². The molecule has 0 unspecified atom stereocenters. The number of anilines is 1. The van der Waals surface area contributed by atoms with Gasteiger partial charge in [0.15, 0.2) is 0 Å². The molecule has 0 amide bonds. The zero-order valence-electron chi connectivity index (χ0n) is 9.33. The van der Waals surface area contributed by atoms with Crippen LogP contribution in [-0.4, -0.2) is 19.0 Å². The summed E-state index contributed by atoms with van der Waals surface area (Å²) < 4.78 is 0. The van der Waals surface area contributed by atoms with Crippen molar-refractivity contribution >= 4 is 5.69 Å². The molecule has 0 aliphatic carbocycles. The third-order valence-electron chi connectivity index (χ3n) is 2.08. The van der Waals surface area contributed by atoms with Gasteiger partial charge in [-0.3, -0.25) is 0 Å².